The van der Waals surface area contributed by atoms with Gasteiger partial charge in [-0.3, -0.25) is 4.79 Å². The number of aromatic nitrogens is 3. The van der Waals surface area contributed by atoms with E-state index in [1.807, 2.05) is 20.8 Å². The van der Waals surface area contributed by atoms with E-state index in [4.69, 9.17) is 11.6 Å². The van der Waals surface area contributed by atoms with Crippen LogP contribution >= 0.6 is 11.6 Å². The molecule has 0 aliphatic rings. The third-order valence-electron chi connectivity index (χ3n) is 3.59. The van der Waals surface area contributed by atoms with Crippen molar-refractivity contribution in [1.29, 1.82) is 0 Å². The molecule has 2 aromatic heterocycles. The summed E-state index contributed by atoms with van der Waals surface area (Å²) >= 11 is 6.06. The predicted octanol–water partition coefficient (Wildman–Crippen LogP) is 3.76. The highest BCUT2D eigenvalue weighted by Gasteiger charge is 2.30. The molecule has 9 heteroatoms. The van der Waals surface area contributed by atoms with E-state index in [1.165, 1.54) is 6.20 Å². The summed E-state index contributed by atoms with van der Waals surface area (Å²) in [6, 6.07) is 1.96. The lowest BCUT2D eigenvalue weighted by Crippen LogP contribution is -2.27. The summed E-state index contributed by atoms with van der Waals surface area (Å²) in [5, 5.41) is 6.91. The van der Waals surface area contributed by atoms with Gasteiger partial charge >= 0.3 is 6.18 Å². The van der Waals surface area contributed by atoms with Crippen LogP contribution in [0.25, 0.3) is 5.82 Å². The summed E-state index contributed by atoms with van der Waals surface area (Å²) in [4.78, 5) is 15.9. The molecule has 5 nitrogen and oxygen atoms in total. The van der Waals surface area contributed by atoms with Crippen LogP contribution in [0.4, 0.5) is 18.9 Å². The third kappa shape index (κ3) is 3.87. The molecular formula is C15H16ClF3N4O. The summed E-state index contributed by atoms with van der Waals surface area (Å²) in [6.07, 6.45) is -2.51. The van der Waals surface area contributed by atoms with Crippen molar-refractivity contribution in [2.45, 2.75) is 33.0 Å². The zero-order chi connectivity index (χ0) is 18.1. The van der Waals surface area contributed by atoms with Crippen LogP contribution in [0.3, 0.4) is 0 Å². The van der Waals surface area contributed by atoms with Crippen molar-refractivity contribution in [1.82, 2.24) is 14.8 Å². The van der Waals surface area contributed by atoms with Gasteiger partial charge in [-0.2, -0.15) is 23.0 Å². The lowest BCUT2D eigenvalue weighted by atomic mass is 10.1. The standard InChI is InChI=1S/C15H16ClF3N4O/c1-8(2)9(3)22-11-7-21-23(14(24)13(11)16)12-5-4-10(6-20-12)15(17,18)19/h4-9,22H,1-3H3/t9-/m1/s1. The van der Waals surface area contributed by atoms with Crippen LogP contribution in [0, 0.1) is 5.92 Å². The minimum absolute atomic E-state index is 0.0432. The highest BCUT2D eigenvalue weighted by Crippen LogP contribution is 2.28. The zero-order valence-electron chi connectivity index (χ0n) is 13.2. The number of nitrogens with one attached hydrogen (secondary N) is 1. The highest BCUT2D eigenvalue weighted by molar-refractivity contribution is 6.32. The van der Waals surface area contributed by atoms with E-state index < -0.39 is 17.3 Å². The lowest BCUT2D eigenvalue weighted by Gasteiger charge is -2.19. The van der Waals surface area contributed by atoms with Gasteiger partial charge in [-0.05, 0) is 25.0 Å². The number of pyridine rings is 1. The average Bonchev–Trinajstić information content (AvgIpc) is 2.51. The Morgan fingerprint density at radius 2 is 1.88 bits per heavy atom. The molecule has 0 saturated heterocycles. The second kappa shape index (κ2) is 6.80. The molecule has 0 spiro atoms. The van der Waals surface area contributed by atoms with Crippen molar-refractivity contribution in [3.8, 4) is 5.82 Å². The quantitative estimate of drug-likeness (QED) is 0.902. The van der Waals surface area contributed by atoms with Crippen LogP contribution in [-0.4, -0.2) is 20.8 Å². The normalized spacial score (nSPS) is 13.2. The molecule has 2 heterocycles. The predicted molar refractivity (Wildman–Crippen MR) is 85.6 cm³/mol. The summed E-state index contributed by atoms with van der Waals surface area (Å²) < 4.78 is 38.5. The van der Waals surface area contributed by atoms with Crippen LogP contribution in [0.1, 0.15) is 26.3 Å². The Balaban J connectivity index is 2.36. The second-order valence-electron chi connectivity index (χ2n) is 5.67. The Bertz CT molecular complexity index is 772. The number of hydrogen-bond acceptors (Lipinski definition) is 4. The lowest BCUT2D eigenvalue weighted by molar-refractivity contribution is -0.137. The molecule has 0 amide bonds. The zero-order valence-corrected chi connectivity index (χ0v) is 14.0. The largest absolute Gasteiger partial charge is 0.417 e. The molecular weight excluding hydrogens is 345 g/mol. The SMILES string of the molecule is CC(C)[C@@H](C)Nc1cnn(-c2ccc(C(F)(F)F)cn2)c(=O)c1Cl. The summed E-state index contributed by atoms with van der Waals surface area (Å²) in [7, 11) is 0. The van der Waals surface area contributed by atoms with Crippen LogP contribution < -0.4 is 10.9 Å². The maximum atomic E-state index is 12.6. The Morgan fingerprint density at radius 3 is 2.38 bits per heavy atom. The number of nitrogens with zero attached hydrogens (tertiary/aromatic N) is 3. The molecule has 0 aliphatic heterocycles. The van der Waals surface area contributed by atoms with E-state index in [-0.39, 0.29) is 16.9 Å². The van der Waals surface area contributed by atoms with Crippen molar-refractivity contribution in [3.63, 3.8) is 0 Å². The van der Waals surface area contributed by atoms with E-state index in [2.05, 4.69) is 15.4 Å². The van der Waals surface area contributed by atoms with E-state index in [9.17, 15) is 18.0 Å². The van der Waals surface area contributed by atoms with Gasteiger partial charge in [0.25, 0.3) is 5.56 Å². The summed E-state index contributed by atoms with van der Waals surface area (Å²) in [5.74, 6) is 0.262. The number of halogens is 4. The molecule has 0 fully saturated rings. The minimum Gasteiger partial charge on any atom is -0.380 e. The van der Waals surface area contributed by atoms with Crippen molar-refractivity contribution in [3.05, 3.63) is 45.5 Å². The van der Waals surface area contributed by atoms with Crippen molar-refractivity contribution in [2.24, 2.45) is 5.92 Å². The summed E-state index contributed by atoms with van der Waals surface area (Å²) in [5.41, 5.74) is -1.20. The van der Waals surface area contributed by atoms with E-state index in [1.54, 1.807) is 0 Å². The Labute approximate surface area is 141 Å². The van der Waals surface area contributed by atoms with Crippen molar-refractivity contribution < 1.29 is 13.2 Å². The molecule has 2 rings (SSSR count). The fourth-order valence-corrected chi connectivity index (χ4v) is 1.97. The average molecular weight is 361 g/mol. The Morgan fingerprint density at radius 1 is 1.21 bits per heavy atom. The van der Waals surface area contributed by atoms with Gasteiger partial charge in [0.1, 0.15) is 5.02 Å². The van der Waals surface area contributed by atoms with Gasteiger partial charge in [-0.1, -0.05) is 25.4 Å². The Hall–Kier alpha value is -2.09. The first-order chi connectivity index (χ1) is 11.1. The molecule has 0 unspecified atom stereocenters. The first kappa shape index (κ1) is 18.3. The molecule has 0 aromatic carbocycles. The molecule has 1 atom stereocenters. The number of rotatable bonds is 4. The second-order valence-corrected chi connectivity index (χ2v) is 6.05. The van der Waals surface area contributed by atoms with E-state index >= 15 is 0 Å². The van der Waals surface area contributed by atoms with E-state index in [0.717, 1.165) is 16.8 Å². The molecule has 24 heavy (non-hydrogen) atoms. The van der Waals surface area contributed by atoms with Gasteiger partial charge < -0.3 is 5.32 Å². The maximum absolute atomic E-state index is 12.6. The van der Waals surface area contributed by atoms with Crippen LogP contribution in [0.15, 0.2) is 29.3 Å². The first-order valence-electron chi connectivity index (χ1n) is 7.19. The molecule has 0 bridgehead atoms. The van der Waals surface area contributed by atoms with Gasteiger partial charge in [-0.15, -0.1) is 0 Å². The third-order valence-corrected chi connectivity index (χ3v) is 3.96. The van der Waals surface area contributed by atoms with Gasteiger partial charge in [0.15, 0.2) is 5.82 Å². The van der Waals surface area contributed by atoms with Crippen LogP contribution in [0.5, 0.6) is 0 Å². The molecule has 130 valence electrons. The molecule has 0 aliphatic carbocycles. The highest BCUT2D eigenvalue weighted by atomic mass is 35.5. The van der Waals surface area contributed by atoms with Crippen LogP contribution in [-0.2, 0) is 6.18 Å². The Kier molecular flexibility index (Phi) is 5.17. The van der Waals surface area contributed by atoms with Crippen molar-refractivity contribution in [2.75, 3.05) is 5.32 Å². The van der Waals surface area contributed by atoms with Gasteiger partial charge in [0.05, 0.1) is 17.4 Å². The molecule has 1 N–H and O–H groups in total. The smallest absolute Gasteiger partial charge is 0.380 e. The van der Waals surface area contributed by atoms with Gasteiger partial charge in [0, 0.05) is 12.2 Å². The molecule has 2 aromatic rings. The van der Waals surface area contributed by atoms with Crippen molar-refractivity contribution >= 4 is 17.3 Å². The fourth-order valence-electron chi connectivity index (χ4n) is 1.79. The molecule has 0 saturated carbocycles. The van der Waals surface area contributed by atoms with E-state index in [0.29, 0.717) is 17.8 Å². The number of alkyl halides is 3. The van der Waals surface area contributed by atoms with Crippen LogP contribution in [0.2, 0.25) is 5.02 Å². The monoisotopic (exact) mass is 360 g/mol. The molecule has 0 radical (unpaired) electrons. The maximum Gasteiger partial charge on any atom is 0.417 e. The summed E-state index contributed by atoms with van der Waals surface area (Å²) in [6.45, 7) is 5.95. The van der Waals surface area contributed by atoms with Gasteiger partial charge in [0.2, 0.25) is 0 Å². The number of hydrogen-bond donors (Lipinski definition) is 1. The topological polar surface area (TPSA) is 59.8 Å². The fraction of sp³-hybridized carbons (Fsp3) is 0.400. The number of anilines is 1. The van der Waals surface area contributed by atoms with Gasteiger partial charge in [-0.25, -0.2) is 4.98 Å². The first-order valence-corrected chi connectivity index (χ1v) is 7.57. The minimum atomic E-state index is -4.50.